The van der Waals surface area contributed by atoms with E-state index in [1.807, 2.05) is 0 Å². The number of nitrogens with one attached hydrogen (secondary N) is 1. The molecule has 0 aromatic carbocycles. The minimum atomic E-state index is -0.353. The van der Waals surface area contributed by atoms with Gasteiger partial charge >= 0.3 is 5.97 Å². The second-order valence-electron chi connectivity index (χ2n) is 5.22. The molecule has 2 aliphatic carbocycles. The van der Waals surface area contributed by atoms with Crippen LogP contribution in [0.4, 0.5) is 0 Å². The fourth-order valence-corrected chi connectivity index (χ4v) is 3.32. The van der Waals surface area contributed by atoms with E-state index >= 15 is 0 Å². The zero-order chi connectivity index (χ0) is 12.3. The molecule has 2 fully saturated rings. The van der Waals surface area contributed by atoms with Crippen LogP contribution in [0.15, 0.2) is 0 Å². The Morgan fingerprint density at radius 3 is 2.71 bits per heavy atom. The van der Waals surface area contributed by atoms with Gasteiger partial charge in [0.05, 0.1) is 6.61 Å². The van der Waals surface area contributed by atoms with Gasteiger partial charge in [-0.3, -0.25) is 9.59 Å². The molecule has 0 aromatic rings. The summed E-state index contributed by atoms with van der Waals surface area (Å²) in [7, 11) is 0. The van der Waals surface area contributed by atoms with E-state index in [0.717, 1.165) is 11.8 Å². The van der Waals surface area contributed by atoms with Crippen molar-refractivity contribution >= 4 is 11.9 Å². The van der Waals surface area contributed by atoms with E-state index in [2.05, 4.69) is 5.32 Å². The molecule has 96 valence electrons. The van der Waals surface area contributed by atoms with Crippen molar-refractivity contribution in [3.8, 4) is 0 Å². The van der Waals surface area contributed by atoms with Gasteiger partial charge in [-0.2, -0.15) is 0 Å². The lowest BCUT2D eigenvalue weighted by Crippen LogP contribution is -2.32. The van der Waals surface area contributed by atoms with Gasteiger partial charge in [-0.15, -0.1) is 0 Å². The molecule has 0 saturated heterocycles. The van der Waals surface area contributed by atoms with Crippen LogP contribution >= 0.6 is 0 Å². The molecule has 0 heterocycles. The number of fused-ring (bicyclic) bond motifs is 2. The quantitative estimate of drug-likeness (QED) is 0.740. The van der Waals surface area contributed by atoms with E-state index in [0.29, 0.717) is 18.9 Å². The molecule has 0 aromatic heterocycles. The van der Waals surface area contributed by atoms with Crippen molar-refractivity contribution in [2.45, 2.75) is 39.0 Å². The average molecular weight is 239 g/mol. The van der Waals surface area contributed by atoms with Gasteiger partial charge in [0, 0.05) is 6.42 Å². The highest BCUT2D eigenvalue weighted by Crippen LogP contribution is 2.49. The molecule has 0 spiro atoms. The van der Waals surface area contributed by atoms with Crippen LogP contribution in [0, 0.1) is 17.8 Å². The van der Waals surface area contributed by atoms with E-state index in [1.165, 1.54) is 25.7 Å². The second-order valence-corrected chi connectivity index (χ2v) is 5.22. The van der Waals surface area contributed by atoms with E-state index in [9.17, 15) is 9.59 Å². The molecule has 2 bridgehead atoms. The van der Waals surface area contributed by atoms with E-state index < -0.39 is 0 Å². The van der Waals surface area contributed by atoms with Crippen molar-refractivity contribution < 1.29 is 14.3 Å². The van der Waals surface area contributed by atoms with Gasteiger partial charge in [0.25, 0.3) is 0 Å². The fourth-order valence-electron chi connectivity index (χ4n) is 3.32. The predicted molar refractivity (Wildman–Crippen MR) is 63.2 cm³/mol. The summed E-state index contributed by atoms with van der Waals surface area (Å²) in [5, 5.41) is 2.64. The first-order valence-electron chi connectivity index (χ1n) is 6.61. The summed E-state index contributed by atoms with van der Waals surface area (Å²) in [6.45, 7) is 2.13. The van der Waals surface area contributed by atoms with Crippen LogP contribution in [-0.2, 0) is 14.3 Å². The number of hydrogen-bond donors (Lipinski definition) is 1. The number of carbonyl (C=O) groups excluding carboxylic acids is 2. The summed E-state index contributed by atoms with van der Waals surface area (Å²) in [5.41, 5.74) is 0. The lowest BCUT2D eigenvalue weighted by Gasteiger charge is -2.20. The molecular weight excluding hydrogens is 218 g/mol. The molecular formula is C13H21NO3. The largest absolute Gasteiger partial charge is 0.465 e. The van der Waals surface area contributed by atoms with Crippen LogP contribution in [0.2, 0.25) is 0 Å². The molecule has 4 heteroatoms. The maximum atomic E-state index is 11.7. The van der Waals surface area contributed by atoms with Crippen LogP contribution in [0.25, 0.3) is 0 Å². The van der Waals surface area contributed by atoms with Crippen LogP contribution in [-0.4, -0.2) is 25.0 Å². The maximum absolute atomic E-state index is 11.7. The molecule has 3 atom stereocenters. The van der Waals surface area contributed by atoms with Crippen molar-refractivity contribution in [3.63, 3.8) is 0 Å². The third-order valence-electron chi connectivity index (χ3n) is 4.07. The van der Waals surface area contributed by atoms with Crippen LogP contribution in [0.3, 0.4) is 0 Å². The highest BCUT2D eigenvalue weighted by Gasteiger charge is 2.40. The van der Waals surface area contributed by atoms with Crippen molar-refractivity contribution in [2.75, 3.05) is 13.2 Å². The first kappa shape index (κ1) is 12.4. The van der Waals surface area contributed by atoms with Crippen LogP contribution in [0.1, 0.15) is 39.0 Å². The Kier molecular flexibility index (Phi) is 4.02. The van der Waals surface area contributed by atoms with Gasteiger partial charge in [0.1, 0.15) is 6.54 Å². The topological polar surface area (TPSA) is 55.4 Å². The van der Waals surface area contributed by atoms with Crippen LogP contribution < -0.4 is 5.32 Å². The zero-order valence-electron chi connectivity index (χ0n) is 10.4. The first-order chi connectivity index (χ1) is 8.19. The number of hydrogen-bond acceptors (Lipinski definition) is 3. The fraction of sp³-hybridized carbons (Fsp3) is 0.846. The monoisotopic (exact) mass is 239 g/mol. The van der Waals surface area contributed by atoms with Crippen LogP contribution in [0.5, 0.6) is 0 Å². The Morgan fingerprint density at radius 1 is 1.29 bits per heavy atom. The van der Waals surface area contributed by atoms with Crippen molar-refractivity contribution in [3.05, 3.63) is 0 Å². The lowest BCUT2D eigenvalue weighted by molar-refractivity contribution is -0.143. The third-order valence-corrected chi connectivity index (χ3v) is 4.07. The zero-order valence-corrected chi connectivity index (χ0v) is 10.4. The molecule has 0 radical (unpaired) electrons. The summed E-state index contributed by atoms with van der Waals surface area (Å²) >= 11 is 0. The van der Waals surface area contributed by atoms with Gasteiger partial charge in [0.2, 0.25) is 5.91 Å². The van der Waals surface area contributed by atoms with E-state index in [-0.39, 0.29) is 18.4 Å². The highest BCUT2D eigenvalue weighted by molar-refractivity contribution is 5.82. The van der Waals surface area contributed by atoms with E-state index in [1.54, 1.807) is 6.92 Å². The Bertz CT molecular complexity index is 303. The minimum Gasteiger partial charge on any atom is -0.465 e. The number of amides is 1. The smallest absolute Gasteiger partial charge is 0.325 e. The average Bonchev–Trinajstić information content (AvgIpc) is 2.88. The number of rotatable bonds is 5. The van der Waals surface area contributed by atoms with Gasteiger partial charge in [-0.1, -0.05) is 6.42 Å². The third kappa shape index (κ3) is 3.20. The van der Waals surface area contributed by atoms with Crippen molar-refractivity contribution in [1.82, 2.24) is 5.32 Å². The van der Waals surface area contributed by atoms with E-state index in [4.69, 9.17) is 4.74 Å². The summed E-state index contributed by atoms with van der Waals surface area (Å²) < 4.78 is 4.76. The summed E-state index contributed by atoms with van der Waals surface area (Å²) in [6, 6.07) is 0. The Balaban J connectivity index is 1.66. The molecule has 2 saturated carbocycles. The molecule has 4 nitrogen and oxygen atoms in total. The highest BCUT2D eigenvalue weighted by atomic mass is 16.5. The predicted octanol–water partition coefficient (Wildman–Crippen LogP) is 1.49. The Morgan fingerprint density at radius 2 is 2.12 bits per heavy atom. The lowest BCUT2D eigenvalue weighted by atomic mass is 9.86. The number of esters is 1. The van der Waals surface area contributed by atoms with Gasteiger partial charge in [-0.05, 0) is 43.9 Å². The second kappa shape index (κ2) is 5.52. The Hall–Kier alpha value is -1.06. The molecule has 1 N–H and O–H groups in total. The standard InChI is InChI=1S/C13H21NO3/c1-2-17-13(16)8-14-12(15)7-11-6-9-3-4-10(11)5-9/h9-11H,2-8H2,1H3,(H,14,15). The molecule has 2 rings (SSSR count). The maximum Gasteiger partial charge on any atom is 0.325 e. The molecule has 1 amide bonds. The summed E-state index contributed by atoms with van der Waals surface area (Å²) in [5.74, 6) is 1.82. The normalized spacial score (nSPS) is 30.3. The SMILES string of the molecule is CCOC(=O)CNC(=O)CC1CC2CCC1C2. The van der Waals surface area contributed by atoms with Gasteiger partial charge in [0.15, 0.2) is 0 Å². The van der Waals surface area contributed by atoms with Gasteiger partial charge < -0.3 is 10.1 Å². The first-order valence-corrected chi connectivity index (χ1v) is 6.61. The summed E-state index contributed by atoms with van der Waals surface area (Å²) in [6.07, 6.45) is 5.75. The Labute approximate surface area is 102 Å². The minimum absolute atomic E-state index is 0.00407. The molecule has 3 unspecified atom stereocenters. The molecule has 0 aliphatic heterocycles. The van der Waals surface area contributed by atoms with Crippen molar-refractivity contribution in [1.29, 1.82) is 0 Å². The molecule has 17 heavy (non-hydrogen) atoms. The number of carbonyl (C=O) groups is 2. The summed E-state index contributed by atoms with van der Waals surface area (Å²) in [4.78, 5) is 22.7. The van der Waals surface area contributed by atoms with Gasteiger partial charge in [-0.25, -0.2) is 0 Å². The number of ether oxygens (including phenoxy) is 1. The van der Waals surface area contributed by atoms with Crippen molar-refractivity contribution in [2.24, 2.45) is 17.8 Å². The molecule has 2 aliphatic rings.